The number of fused-ring (bicyclic) bond motifs is 2. The highest BCUT2D eigenvalue weighted by atomic mass is 35.5. The van der Waals surface area contributed by atoms with E-state index in [2.05, 4.69) is 9.97 Å². The number of carbonyl (C=O) groups excluding carboxylic acids is 2. The molecular formula is C24H21ClN2O5. The number of benzene rings is 1. The highest BCUT2D eigenvalue weighted by molar-refractivity contribution is 6.29. The Hall–Kier alpha value is -3.45. The molecular weight excluding hydrogens is 432 g/mol. The summed E-state index contributed by atoms with van der Waals surface area (Å²) >= 11 is 6.09. The van der Waals surface area contributed by atoms with Gasteiger partial charge in [0, 0.05) is 22.6 Å². The Morgan fingerprint density at radius 2 is 1.53 bits per heavy atom. The lowest BCUT2D eigenvalue weighted by Crippen LogP contribution is -2.35. The van der Waals surface area contributed by atoms with Crippen LogP contribution in [0.15, 0.2) is 48.5 Å². The molecule has 1 aliphatic heterocycles. The first-order chi connectivity index (χ1) is 15.3. The summed E-state index contributed by atoms with van der Waals surface area (Å²) in [7, 11) is 2.70. The van der Waals surface area contributed by atoms with Crippen LogP contribution in [0.3, 0.4) is 0 Å². The van der Waals surface area contributed by atoms with Crippen molar-refractivity contribution >= 4 is 23.5 Å². The van der Waals surface area contributed by atoms with Crippen molar-refractivity contribution in [1.82, 2.24) is 9.97 Å². The van der Waals surface area contributed by atoms with Gasteiger partial charge in [0.25, 0.3) is 0 Å². The molecule has 3 heterocycles. The molecule has 0 N–H and O–H groups in total. The van der Waals surface area contributed by atoms with Crippen LogP contribution in [-0.2, 0) is 14.3 Å². The molecule has 2 aromatic heterocycles. The van der Waals surface area contributed by atoms with Crippen LogP contribution in [0, 0.1) is 5.41 Å². The summed E-state index contributed by atoms with van der Waals surface area (Å²) in [5.41, 5.74) is 2.43. The largest absolute Gasteiger partial charge is 0.469 e. The van der Waals surface area contributed by atoms with Crippen LogP contribution in [0.4, 0.5) is 0 Å². The van der Waals surface area contributed by atoms with Crippen molar-refractivity contribution in [3.8, 4) is 23.0 Å². The fourth-order valence-corrected chi connectivity index (χ4v) is 4.10. The summed E-state index contributed by atoms with van der Waals surface area (Å²) in [6.07, 6.45) is 0. The molecule has 0 amide bonds. The fourth-order valence-electron chi connectivity index (χ4n) is 3.96. The van der Waals surface area contributed by atoms with Crippen LogP contribution >= 0.6 is 11.6 Å². The average Bonchev–Trinajstić information content (AvgIpc) is 2.80. The molecule has 0 fully saturated rings. The minimum atomic E-state index is -0.914. The van der Waals surface area contributed by atoms with Gasteiger partial charge >= 0.3 is 11.9 Å². The number of hydrogen-bond donors (Lipinski definition) is 0. The number of methoxy groups -OCH3 is 2. The third-order valence-corrected chi connectivity index (χ3v) is 5.81. The zero-order valence-electron chi connectivity index (χ0n) is 18.0. The molecule has 1 aliphatic rings. The second kappa shape index (κ2) is 8.24. The van der Waals surface area contributed by atoms with E-state index in [1.807, 2.05) is 32.0 Å². The third kappa shape index (κ3) is 3.69. The summed E-state index contributed by atoms with van der Waals surface area (Å²) < 4.78 is 15.8. The summed E-state index contributed by atoms with van der Waals surface area (Å²) in [6.45, 7) is 3.63. The van der Waals surface area contributed by atoms with Gasteiger partial charge in [-0.1, -0.05) is 29.8 Å². The van der Waals surface area contributed by atoms with Crippen LogP contribution in [-0.4, -0.2) is 36.1 Å². The van der Waals surface area contributed by atoms with Gasteiger partial charge in [0.05, 0.1) is 30.9 Å². The molecule has 32 heavy (non-hydrogen) atoms. The first-order valence-corrected chi connectivity index (χ1v) is 10.3. The number of esters is 2. The number of hydrogen-bond acceptors (Lipinski definition) is 7. The predicted octanol–water partition coefficient (Wildman–Crippen LogP) is 5.02. The van der Waals surface area contributed by atoms with Crippen molar-refractivity contribution in [3.05, 3.63) is 70.4 Å². The quantitative estimate of drug-likeness (QED) is 0.405. The topological polar surface area (TPSA) is 87.6 Å². The normalized spacial score (nSPS) is 14.6. The highest BCUT2D eigenvalue weighted by Gasteiger charge is 2.45. The summed E-state index contributed by atoms with van der Waals surface area (Å²) in [5, 5.41) is 0.274. The minimum Gasteiger partial charge on any atom is -0.469 e. The van der Waals surface area contributed by atoms with Crippen LogP contribution in [0.25, 0.3) is 11.3 Å². The Morgan fingerprint density at radius 3 is 2.16 bits per heavy atom. The van der Waals surface area contributed by atoms with Crippen LogP contribution < -0.4 is 4.74 Å². The zero-order chi connectivity index (χ0) is 23.0. The van der Waals surface area contributed by atoms with E-state index in [0.29, 0.717) is 23.0 Å². The molecule has 0 radical (unpaired) electrons. The van der Waals surface area contributed by atoms with Crippen LogP contribution in [0.1, 0.15) is 41.3 Å². The van der Waals surface area contributed by atoms with Crippen molar-refractivity contribution in [2.45, 2.75) is 19.8 Å². The smallest absolute Gasteiger partial charge is 0.337 e. The second-order valence-electron chi connectivity index (χ2n) is 7.94. The van der Waals surface area contributed by atoms with E-state index in [9.17, 15) is 9.59 Å². The summed E-state index contributed by atoms with van der Waals surface area (Å²) in [6, 6.07) is 14.1. The van der Waals surface area contributed by atoms with Crippen molar-refractivity contribution in [3.63, 3.8) is 0 Å². The van der Waals surface area contributed by atoms with Gasteiger partial charge in [-0.15, -0.1) is 0 Å². The third-order valence-electron chi connectivity index (χ3n) is 5.60. The van der Waals surface area contributed by atoms with Crippen molar-refractivity contribution in [2.24, 2.45) is 5.41 Å². The maximum absolute atomic E-state index is 12.7. The molecule has 0 spiro atoms. The lowest BCUT2D eigenvalue weighted by molar-refractivity contribution is -0.151. The molecule has 3 aromatic rings. The Kier molecular flexibility index (Phi) is 5.60. The second-order valence-corrected chi connectivity index (χ2v) is 8.32. The van der Waals surface area contributed by atoms with Gasteiger partial charge in [-0.3, -0.25) is 4.79 Å². The maximum atomic E-state index is 12.7. The number of ether oxygens (including phenoxy) is 3. The van der Waals surface area contributed by atoms with E-state index in [0.717, 1.165) is 16.7 Å². The Bertz CT molecular complexity index is 1210. The molecule has 0 saturated carbocycles. The molecule has 0 saturated heterocycles. The number of rotatable bonds is 4. The van der Waals surface area contributed by atoms with Gasteiger partial charge in [-0.2, -0.15) is 0 Å². The van der Waals surface area contributed by atoms with Crippen LogP contribution in [0.5, 0.6) is 11.8 Å². The molecule has 0 aliphatic carbocycles. The molecule has 7 nitrogen and oxygen atoms in total. The number of carbonyl (C=O) groups is 2. The Labute approximate surface area is 190 Å². The van der Waals surface area contributed by atoms with Gasteiger partial charge in [-0.05, 0) is 44.2 Å². The van der Waals surface area contributed by atoms with E-state index in [1.54, 1.807) is 30.3 Å². The van der Waals surface area contributed by atoms with E-state index >= 15 is 0 Å². The Balaban J connectivity index is 1.81. The monoisotopic (exact) mass is 452 g/mol. The van der Waals surface area contributed by atoms with E-state index in [1.165, 1.54) is 14.2 Å². The summed E-state index contributed by atoms with van der Waals surface area (Å²) in [5.74, 6) is -0.535. The minimum absolute atomic E-state index is 0.274. The lowest BCUT2D eigenvalue weighted by Gasteiger charge is -2.36. The first kappa shape index (κ1) is 21.8. The van der Waals surface area contributed by atoms with Crippen molar-refractivity contribution < 1.29 is 23.8 Å². The van der Waals surface area contributed by atoms with E-state index < -0.39 is 17.3 Å². The van der Waals surface area contributed by atoms with Gasteiger partial charge in [0.1, 0.15) is 5.15 Å². The molecule has 4 rings (SSSR count). The van der Waals surface area contributed by atoms with Gasteiger partial charge in [0.15, 0.2) is 0 Å². The standard InChI is InChI=1S/C24H21ClN2O5/c1-24(2,23(29)31-4)19-15-9-11-17(13-5-7-14(8-6-13)22(28)30-3)26-20(15)32-21-16(19)10-12-18(25)27-21/h5-12,19H,1-4H3. The van der Waals surface area contributed by atoms with Gasteiger partial charge in [-0.25, -0.2) is 14.8 Å². The number of halogens is 1. The van der Waals surface area contributed by atoms with Gasteiger partial charge in [0.2, 0.25) is 11.8 Å². The molecule has 164 valence electrons. The number of aromatic nitrogens is 2. The highest BCUT2D eigenvalue weighted by Crippen LogP contribution is 2.51. The number of pyridine rings is 2. The van der Waals surface area contributed by atoms with Crippen LogP contribution in [0.2, 0.25) is 5.15 Å². The van der Waals surface area contributed by atoms with Gasteiger partial charge < -0.3 is 14.2 Å². The fraction of sp³-hybridized carbons (Fsp3) is 0.250. The SMILES string of the molecule is COC(=O)c1ccc(-c2ccc3c(n2)Oc2nc(Cl)ccc2C3C(C)(C)C(=O)OC)cc1. The van der Waals surface area contributed by atoms with E-state index in [-0.39, 0.29) is 11.1 Å². The number of nitrogens with zero attached hydrogens (tertiary/aromatic N) is 2. The Morgan fingerprint density at radius 1 is 0.906 bits per heavy atom. The average molecular weight is 453 g/mol. The molecule has 0 bridgehead atoms. The zero-order valence-corrected chi connectivity index (χ0v) is 18.8. The molecule has 1 aromatic carbocycles. The van der Waals surface area contributed by atoms with E-state index in [4.69, 9.17) is 25.8 Å². The van der Waals surface area contributed by atoms with Crippen molar-refractivity contribution in [2.75, 3.05) is 14.2 Å². The van der Waals surface area contributed by atoms with Crippen molar-refractivity contribution in [1.29, 1.82) is 0 Å². The lowest BCUT2D eigenvalue weighted by atomic mass is 9.71. The first-order valence-electron chi connectivity index (χ1n) is 9.88. The predicted molar refractivity (Wildman–Crippen MR) is 118 cm³/mol. The maximum Gasteiger partial charge on any atom is 0.337 e. The molecule has 8 heteroatoms. The molecule has 1 unspecified atom stereocenters. The molecule has 1 atom stereocenters. The summed E-state index contributed by atoms with van der Waals surface area (Å²) in [4.78, 5) is 33.3.